The first kappa shape index (κ1) is 13.5. The molecule has 0 bridgehead atoms. The molecule has 0 aromatic heterocycles. The lowest BCUT2D eigenvalue weighted by molar-refractivity contribution is -0.908. The summed E-state index contributed by atoms with van der Waals surface area (Å²) in [5, 5.41) is 10.1. The Morgan fingerprint density at radius 2 is 1.95 bits per heavy atom. The number of hydrogen-bond acceptors (Lipinski definition) is 4. The number of piperidine rings is 1. The quantitative estimate of drug-likeness (QED) is 0.810. The van der Waals surface area contributed by atoms with Gasteiger partial charge in [0.2, 0.25) is 6.79 Å². The van der Waals surface area contributed by atoms with Gasteiger partial charge < -0.3 is 24.2 Å². The van der Waals surface area contributed by atoms with E-state index in [0.717, 1.165) is 12.3 Å². The van der Waals surface area contributed by atoms with E-state index in [2.05, 4.69) is 0 Å². The first-order valence-corrected chi connectivity index (χ1v) is 7.35. The molecule has 2 heterocycles. The number of aliphatic hydroxyl groups is 1. The van der Waals surface area contributed by atoms with E-state index in [1.807, 2.05) is 18.2 Å². The molecule has 0 amide bonds. The van der Waals surface area contributed by atoms with Crippen LogP contribution in [0.3, 0.4) is 0 Å². The highest BCUT2D eigenvalue weighted by atomic mass is 16.7. The highest BCUT2D eigenvalue weighted by Crippen LogP contribution is 2.35. The van der Waals surface area contributed by atoms with Crippen molar-refractivity contribution in [2.75, 3.05) is 33.0 Å². The fraction of sp³-hybridized carbons (Fsp3) is 0.600. The molecule has 0 spiro atoms. The zero-order valence-electron chi connectivity index (χ0n) is 11.6. The van der Waals surface area contributed by atoms with Crippen LogP contribution in [0.5, 0.6) is 17.2 Å². The Kier molecular flexibility index (Phi) is 4.28. The smallest absolute Gasteiger partial charge is 0.231 e. The summed E-state index contributed by atoms with van der Waals surface area (Å²) in [6.45, 7) is 3.69. The van der Waals surface area contributed by atoms with Gasteiger partial charge in [-0.3, -0.25) is 0 Å². The molecule has 0 unspecified atom stereocenters. The second-order valence-corrected chi connectivity index (χ2v) is 5.49. The second-order valence-electron chi connectivity index (χ2n) is 5.49. The van der Waals surface area contributed by atoms with Crippen LogP contribution in [0.4, 0.5) is 0 Å². The zero-order chi connectivity index (χ0) is 13.8. The van der Waals surface area contributed by atoms with Gasteiger partial charge in [-0.2, -0.15) is 0 Å². The molecule has 5 heteroatoms. The van der Waals surface area contributed by atoms with Gasteiger partial charge in [-0.15, -0.1) is 0 Å². The topological polar surface area (TPSA) is 52.4 Å². The molecule has 1 fully saturated rings. The number of benzene rings is 1. The summed E-state index contributed by atoms with van der Waals surface area (Å²) in [4.78, 5) is 1.48. The molecule has 0 aliphatic carbocycles. The van der Waals surface area contributed by atoms with Crippen molar-refractivity contribution < 1.29 is 24.2 Å². The van der Waals surface area contributed by atoms with E-state index in [-0.39, 0.29) is 6.79 Å². The molecule has 1 aromatic carbocycles. The molecule has 2 aliphatic rings. The third kappa shape index (κ3) is 3.35. The van der Waals surface area contributed by atoms with E-state index in [1.165, 1.54) is 37.3 Å². The molecule has 2 aliphatic heterocycles. The van der Waals surface area contributed by atoms with Crippen LogP contribution in [0.25, 0.3) is 0 Å². The largest absolute Gasteiger partial charge is 0.491 e. The van der Waals surface area contributed by atoms with Crippen molar-refractivity contribution in [2.24, 2.45) is 0 Å². The SMILES string of the molecule is O[C@H](COc1ccc2c(c1)OCO2)C[NH+]1CCCCC1. The maximum Gasteiger partial charge on any atom is 0.231 e. The Balaban J connectivity index is 1.46. The van der Waals surface area contributed by atoms with Crippen molar-refractivity contribution >= 4 is 0 Å². The van der Waals surface area contributed by atoms with Gasteiger partial charge >= 0.3 is 0 Å². The lowest BCUT2D eigenvalue weighted by Crippen LogP contribution is -3.14. The third-order valence-corrected chi connectivity index (χ3v) is 3.87. The lowest BCUT2D eigenvalue weighted by atomic mass is 10.1. The minimum atomic E-state index is -0.423. The summed E-state index contributed by atoms with van der Waals surface area (Å²) in [6.07, 6.45) is 3.44. The Morgan fingerprint density at radius 1 is 1.15 bits per heavy atom. The van der Waals surface area contributed by atoms with Crippen LogP contribution in [0, 0.1) is 0 Å². The summed E-state index contributed by atoms with van der Waals surface area (Å²) in [7, 11) is 0. The van der Waals surface area contributed by atoms with Gasteiger partial charge in [0.1, 0.15) is 25.0 Å². The van der Waals surface area contributed by atoms with E-state index >= 15 is 0 Å². The molecular formula is C15H22NO4+. The minimum Gasteiger partial charge on any atom is -0.491 e. The van der Waals surface area contributed by atoms with E-state index < -0.39 is 6.10 Å². The average molecular weight is 280 g/mol. The predicted molar refractivity (Wildman–Crippen MR) is 73.5 cm³/mol. The summed E-state index contributed by atoms with van der Waals surface area (Å²) in [5.74, 6) is 2.16. The Hall–Kier alpha value is -1.46. The fourth-order valence-electron chi connectivity index (χ4n) is 2.81. The lowest BCUT2D eigenvalue weighted by Gasteiger charge is -2.25. The maximum atomic E-state index is 10.1. The van der Waals surface area contributed by atoms with E-state index in [1.54, 1.807) is 0 Å². The second kappa shape index (κ2) is 6.33. The van der Waals surface area contributed by atoms with Crippen molar-refractivity contribution in [3.8, 4) is 17.2 Å². The number of likely N-dealkylation sites (tertiary alicyclic amines) is 1. The standard InChI is InChI=1S/C15H21NO4/c17-12(9-16-6-2-1-3-7-16)10-18-13-4-5-14-15(8-13)20-11-19-14/h4-5,8,12,17H,1-3,6-7,9-11H2/p+1/t12-/m0/s1. The van der Waals surface area contributed by atoms with Crippen LogP contribution in [-0.2, 0) is 0 Å². The Labute approximate surface area is 119 Å². The summed E-state index contributed by atoms with van der Waals surface area (Å²) < 4.78 is 16.2. The first-order valence-electron chi connectivity index (χ1n) is 7.35. The van der Waals surface area contributed by atoms with Crippen molar-refractivity contribution in [1.29, 1.82) is 0 Å². The number of rotatable bonds is 5. The van der Waals surface area contributed by atoms with Crippen LogP contribution in [-0.4, -0.2) is 44.2 Å². The van der Waals surface area contributed by atoms with Gasteiger partial charge in [0.05, 0.1) is 13.1 Å². The number of ether oxygens (including phenoxy) is 3. The average Bonchev–Trinajstić information content (AvgIpc) is 2.93. The molecule has 110 valence electrons. The van der Waals surface area contributed by atoms with Crippen LogP contribution < -0.4 is 19.1 Å². The van der Waals surface area contributed by atoms with Crippen molar-refractivity contribution in [1.82, 2.24) is 0 Å². The van der Waals surface area contributed by atoms with Crippen molar-refractivity contribution in [3.63, 3.8) is 0 Å². The normalized spacial score (nSPS) is 19.9. The van der Waals surface area contributed by atoms with Crippen molar-refractivity contribution in [2.45, 2.75) is 25.4 Å². The van der Waals surface area contributed by atoms with E-state index in [0.29, 0.717) is 18.1 Å². The van der Waals surface area contributed by atoms with Crippen molar-refractivity contribution in [3.05, 3.63) is 18.2 Å². The number of quaternary nitrogens is 1. The monoisotopic (exact) mass is 280 g/mol. The molecular weight excluding hydrogens is 258 g/mol. The van der Waals surface area contributed by atoms with E-state index in [4.69, 9.17) is 14.2 Å². The molecule has 2 N–H and O–H groups in total. The highest BCUT2D eigenvalue weighted by Gasteiger charge is 2.19. The third-order valence-electron chi connectivity index (χ3n) is 3.87. The fourth-order valence-corrected chi connectivity index (χ4v) is 2.81. The number of aliphatic hydroxyl groups excluding tert-OH is 1. The highest BCUT2D eigenvalue weighted by molar-refractivity contribution is 5.46. The molecule has 1 aromatic rings. The Morgan fingerprint density at radius 3 is 2.80 bits per heavy atom. The van der Waals surface area contributed by atoms with Gasteiger partial charge in [-0.05, 0) is 31.4 Å². The predicted octanol–water partition coefficient (Wildman–Crippen LogP) is 0.224. The van der Waals surface area contributed by atoms with Crippen LogP contribution in [0.1, 0.15) is 19.3 Å². The Bertz CT molecular complexity index is 445. The van der Waals surface area contributed by atoms with Gasteiger partial charge in [0.15, 0.2) is 11.5 Å². The summed E-state index contributed by atoms with van der Waals surface area (Å²) >= 11 is 0. The summed E-state index contributed by atoms with van der Waals surface area (Å²) in [6, 6.07) is 5.48. The molecule has 20 heavy (non-hydrogen) atoms. The zero-order valence-corrected chi connectivity index (χ0v) is 11.6. The molecule has 1 saturated heterocycles. The van der Waals surface area contributed by atoms with Gasteiger partial charge in [-0.25, -0.2) is 0 Å². The molecule has 0 radical (unpaired) electrons. The minimum absolute atomic E-state index is 0.264. The number of nitrogens with one attached hydrogen (secondary N) is 1. The number of fused-ring (bicyclic) bond motifs is 1. The number of hydrogen-bond donors (Lipinski definition) is 2. The van der Waals surface area contributed by atoms with E-state index in [9.17, 15) is 5.11 Å². The van der Waals surface area contributed by atoms with Gasteiger partial charge in [0, 0.05) is 6.07 Å². The van der Waals surface area contributed by atoms with Crippen LogP contribution in [0.15, 0.2) is 18.2 Å². The first-order chi connectivity index (χ1) is 9.81. The van der Waals surface area contributed by atoms with Gasteiger partial charge in [-0.1, -0.05) is 0 Å². The summed E-state index contributed by atoms with van der Waals surface area (Å²) in [5.41, 5.74) is 0. The van der Waals surface area contributed by atoms with Crippen LogP contribution >= 0.6 is 0 Å². The molecule has 1 atom stereocenters. The molecule has 5 nitrogen and oxygen atoms in total. The molecule has 3 rings (SSSR count). The molecule has 0 saturated carbocycles. The van der Waals surface area contributed by atoms with Crippen LogP contribution in [0.2, 0.25) is 0 Å². The maximum absolute atomic E-state index is 10.1. The van der Waals surface area contributed by atoms with Gasteiger partial charge in [0.25, 0.3) is 0 Å².